The highest BCUT2D eigenvalue weighted by atomic mass is 16.2. The van der Waals surface area contributed by atoms with E-state index in [1.54, 1.807) is 6.92 Å². The first-order valence-corrected chi connectivity index (χ1v) is 8.08. The standard InChI is InChI=1S/C17H23N5O/c1-12-5-3-4-6-15(12)14-7-9-22(11-14)10-8-18-17(23)16-13(2)19-21-20-16/h3-6,14H,7-11H2,1-2H3,(H,18,23)(H,19,20,21). The summed E-state index contributed by atoms with van der Waals surface area (Å²) in [6, 6.07) is 8.62. The number of carbonyl (C=O) groups excluding carboxylic acids is 1. The van der Waals surface area contributed by atoms with Crippen LogP contribution in [0.2, 0.25) is 0 Å². The summed E-state index contributed by atoms with van der Waals surface area (Å²) in [7, 11) is 0. The summed E-state index contributed by atoms with van der Waals surface area (Å²) in [5.41, 5.74) is 3.83. The molecule has 1 atom stereocenters. The second-order valence-electron chi connectivity index (χ2n) is 6.16. The zero-order chi connectivity index (χ0) is 16.2. The van der Waals surface area contributed by atoms with Crippen LogP contribution in [-0.4, -0.2) is 52.4 Å². The molecule has 1 saturated heterocycles. The number of amides is 1. The number of rotatable bonds is 5. The van der Waals surface area contributed by atoms with Crippen molar-refractivity contribution in [2.75, 3.05) is 26.2 Å². The Hall–Kier alpha value is -2.21. The van der Waals surface area contributed by atoms with E-state index in [1.807, 2.05) is 0 Å². The maximum Gasteiger partial charge on any atom is 0.273 e. The summed E-state index contributed by atoms with van der Waals surface area (Å²) >= 11 is 0. The first-order valence-electron chi connectivity index (χ1n) is 8.08. The van der Waals surface area contributed by atoms with Gasteiger partial charge in [0.25, 0.3) is 5.91 Å². The second-order valence-corrected chi connectivity index (χ2v) is 6.16. The lowest BCUT2D eigenvalue weighted by Crippen LogP contribution is -2.34. The number of carbonyl (C=O) groups is 1. The van der Waals surface area contributed by atoms with Gasteiger partial charge >= 0.3 is 0 Å². The molecule has 1 aromatic heterocycles. The molecule has 122 valence electrons. The molecule has 1 unspecified atom stereocenters. The van der Waals surface area contributed by atoms with Crippen molar-refractivity contribution in [1.82, 2.24) is 25.6 Å². The quantitative estimate of drug-likeness (QED) is 0.880. The predicted octanol–water partition coefficient (Wildman–Crippen LogP) is 1.64. The molecule has 6 heteroatoms. The molecule has 2 heterocycles. The van der Waals surface area contributed by atoms with Gasteiger partial charge in [0.15, 0.2) is 5.69 Å². The SMILES string of the molecule is Cc1ccccc1C1CCN(CCNC(=O)c2n[nH]nc2C)C1. The van der Waals surface area contributed by atoms with Crippen LogP contribution in [0.25, 0.3) is 0 Å². The average Bonchev–Trinajstić information content (AvgIpc) is 3.17. The fourth-order valence-corrected chi connectivity index (χ4v) is 3.24. The molecular formula is C17H23N5O. The number of aromatic nitrogens is 3. The Morgan fingerprint density at radius 2 is 2.17 bits per heavy atom. The predicted molar refractivity (Wildman–Crippen MR) is 88.4 cm³/mol. The van der Waals surface area contributed by atoms with E-state index < -0.39 is 0 Å². The van der Waals surface area contributed by atoms with Crippen LogP contribution >= 0.6 is 0 Å². The molecule has 1 aliphatic rings. The van der Waals surface area contributed by atoms with Crippen molar-refractivity contribution in [3.8, 4) is 0 Å². The summed E-state index contributed by atoms with van der Waals surface area (Å²) in [6.07, 6.45) is 1.18. The maximum absolute atomic E-state index is 12.0. The van der Waals surface area contributed by atoms with Crippen molar-refractivity contribution in [2.45, 2.75) is 26.2 Å². The van der Waals surface area contributed by atoms with Crippen LogP contribution < -0.4 is 5.32 Å². The fraction of sp³-hybridized carbons (Fsp3) is 0.471. The normalized spacial score (nSPS) is 18.3. The number of hydrogen-bond acceptors (Lipinski definition) is 4. The van der Waals surface area contributed by atoms with Crippen molar-refractivity contribution in [3.05, 3.63) is 46.8 Å². The molecule has 2 N–H and O–H groups in total. The van der Waals surface area contributed by atoms with E-state index in [2.05, 4.69) is 56.8 Å². The summed E-state index contributed by atoms with van der Waals surface area (Å²) in [5.74, 6) is 0.440. The Morgan fingerprint density at radius 1 is 1.35 bits per heavy atom. The van der Waals surface area contributed by atoms with Gasteiger partial charge in [-0.1, -0.05) is 24.3 Å². The third-order valence-corrected chi connectivity index (χ3v) is 4.55. The van der Waals surface area contributed by atoms with Gasteiger partial charge in [0, 0.05) is 19.6 Å². The molecule has 0 radical (unpaired) electrons. The lowest BCUT2D eigenvalue weighted by molar-refractivity contribution is 0.0944. The van der Waals surface area contributed by atoms with Gasteiger partial charge in [-0.3, -0.25) is 4.79 Å². The third-order valence-electron chi connectivity index (χ3n) is 4.55. The smallest absolute Gasteiger partial charge is 0.273 e. The van der Waals surface area contributed by atoms with Gasteiger partial charge in [0.05, 0.1) is 5.69 Å². The number of benzene rings is 1. The molecule has 1 aliphatic heterocycles. The Kier molecular flexibility index (Phi) is 4.71. The third kappa shape index (κ3) is 3.59. The topological polar surface area (TPSA) is 73.9 Å². The van der Waals surface area contributed by atoms with Crippen molar-refractivity contribution in [3.63, 3.8) is 0 Å². The number of H-pyrrole nitrogens is 1. The molecule has 0 spiro atoms. The Labute approximate surface area is 136 Å². The summed E-state index contributed by atoms with van der Waals surface area (Å²) < 4.78 is 0. The lowest BCUT2D eigenvalue weighted by atomic mass is 9.94. The summed E-state index contributed by atoms with van der Waals surface area (Å²) in [5, 5.41) is 13.1. The Morgan fingerprint density at radius 3 is 2.91 bits per heavy atom. The number of aryl methyl sites for hydroxylation is 2. The molecule has 0 saturated carbocycles. The molecule has 23 heavy (non-hydrogen) atoms. The Bertz CT molecular complexity index is 681. The van der Waals surface area contributed by atoms with Crippen molar-refractivity contribution >= 4 is 5.91 Å². The molecule has 3 rings (SSSR count). The molecule has 2 aromatic rings. The highest BCUT2D eigenvalue weighted by molar-refractivity contribution is 5.93. The zero-order valence-corrected chi connectivity index (χ0v) is 13.7. The molecule has 1 amide bonds. The minimum absolute atomic E-state index is 0.161. The fourth-order valence-electron chi connectivity index (χ4n) is 3.24. The van der Waals surface area contributed by atoms with Crippen LogP contribution in [-0.2, 0) is 0 Å². The minimum Gasteiger partial charge on any atom is -0.349 e. The summed E-state index contributed by atoms with van der Waals surface area (Å²) in [4.78, 5) is 14.4. The van der Waals surface area contributed by atoms with E-state index in [0.29, 0.717) is 23.9 Å². The van der Waals surface area contributed by atoms with Crippen molar-refractivity contribution in [2.24, 2.45) is 0 Å². The highest BCUT2D eigenvalue weighted by Gasteiger charge is 2.24. The van der Waals surface area contributed by atoms with Gasteiger partial charge in [-0.05, 0) is 43.9 Å². The maximum atomic E-state index is 12.0. The van der Waals surface area contributed by atoms with Crippen LogP contribution in [0, 0.1) is 13.8 Å². The second kappa shape index (κ2) is 6.91. The van der Waals surface area contributed by atoms with Gasteiger partial charge < -0.3 is 10.2 Å². The van der Waals surface area contributed by atoms with E-state index in [0.717, 1.165) is 19.6 Å². The van der Waals surface area contributed by atoms with Crippen LogP contribution in [0.5, 0.6) is 0 Å². The zero-order valence-electron chi connectivity index (χ0n) is 13.7. The van der Waals surface area contributed by atoms with Gasteiger partial charge in [0.1, 0.15) is 0 Å². The summed E-state index contributed by atoms with van der Waals surface area (Å²) in [6.45, 7) is 7.59. The monoisotopic (exact) mass is 313 g/mol. The van der Waals surface area contributed by atoms with E-state index in [-0.39, 0.29) is 5.91 Å². The van der Waals surface area contributed by atoms with Crippen LogP contribution in [0.15, 0.2) is 24.3 Å². The van der Waals surface area contributed by atoms with E-state index >= 15 is 0 Å². The van der Waals surface area contributed by atoms with Crippen LogP contribution in [0.3, 0.4) is 0 Å². The molecule has 0 aliphatic carbocycles. The van der Waals surface area contributed by atoms with Crippen molar-refractivity contribution in [1.29, 1.82) is 0 Å². The van der Waals surface area contributed by atoms with Gasteiger partial charge in [-0.15, -0.1) is 0 Å². The number of nitrogens with zero attached hydrogens (tertiary/aromatic N) is 3. The lowest BCUT2D eigenvalue weighted by Gasteiger charge is -2.17. The molecular weight excluding hydrogens is 290 g/mol. The number of nitrogens with one attached hydrogen (secondary N) is 2. The minimum atomic E-state index is -0.161. The number of hydrogen-bond donors (Lipinski definition) is 2. The van der Waals surface area contributed by atoms with Gasteiger partial charge in [0.2, 0.25) is 0 Å². The molecule has 6 nitrogen and oxygen atoms in total. The molecule has 0 bridgehead atoms. The highest BCUT2D eigenvalue weighted by Crippen LogP contribution is 2.28. The van der Waals surface area contributed by atoms with E-state index in [9.17, 15) is 4.79 Å². The van der Waals surface area contributed by atoms with Crippen LogP contribution in [0.4, 0.5) is 0 Å². The Balaban J connectivity index is 1.47. The van der Waals surface area contributed by atoms with E-state index in [4.69, 9.17) is 0 Å². The van der Waals surface area contributed by atoms with Crippen molar-refractivity contribution < 1.29 is 4.79 Å². The van der Waals surface area contributed by atoms with Crippen LogP contribution in [0.1, 0.15) is 39.6 Å². The largest absolute Gasteiger partial charge is 0.349 e. The van der Waals surface area contributed by atoms with Gasteiger partial charge in [-0.2, -0.15) is 15.4 Å². The number of likely N-dealkylation sites (tertiary alicyclic amines) is 1. The average molecular weight is 313 g/mol. The first kappa shape index (κ1) is 15.7. The first-order chi connectivity index (χ1) is 11.1. The molecule has 1 fully saturated rings. The van der Waals surface area contributed by atoms with Gasteiger partial charge in [-0.25, -0.2) is 0 Å². The van der Waals surface area contributed by atoms with E-state index in [1.165, 1.54) is 17.5 Å². The molecule has 1 aromatic carbocycles. The number of aromatic amines is 1.